The number of aromatic nitrogens is 1. The van der Waals surface area contributed by atoms with Gasteiger partial charge < -0.3 is 43.6 Å². The fraction of sp³-hybridized carbons (Fsp3) is 0.323. The number of aromatic amines is 1. The lowest BCUT2D eigenvalue weighted by atomic mass is 10.1. The summed E-state index contributed by atoms with van der Waals surface area (Å²) in [4.78, 5) is 5.60. The van der Waals surface area contributed by atoms with E-state index in [0.717, 1.165) is 34.3 Å². The van der Waals surface area contributed by atoms with Crippen LogP contribution in [0.2, 0.25) is 0 Å². The first kappa shape index (κ1) is 29.7. The number of benzene rings is 3. The van der Waals surface area contributed by atoms with Crippen LogP contribution in [-0.4, -0.2) is 64.2 Å². The predicted molar refractivity (Wildman–Crippen MR) is 166 cm³/mol. The van der Waals surface area contributed by atoms with E-state index in [1.807, 2.05) is 42.5 Å². The summed E-state index contributed by atoms with van der Waals surface area (Å²) in [5, 5.41) is 5.03. The maximum absolute atomic E-state index is 5.98. The molecule has 0 atom stereocenters. The number of rotatable bonds is 12. The number of anilines is 1. The molecule has 4 rings (SSSR count). The van der Waals surface area contributed by atoms with E-state index >= 15 is 0 Å². The van der Waals surface area contributed by atoms with Gasteiger partial charge in [0.2, 0.25) is 5.75 Å². The summed E-state index contributed by atoms with van der Waals surface area (Å²) in [6, 6.07) is 15.5. The van der Waals surface area contributed by atoms with Gasteiger partial charge in [0.15, 0.2) is 16.6 Å². The van der Waals surface area contributed by atoms with Gasteiger partial charge in [0.1, 0.15) is 17.2 Å². The molecule has 0 bridgehead atoms. The quantitative estimate of drug-likeness (QED) is 0.197. The first-order chi connectivity index (χ1) is 19.8. The average Bonchev–Trinajstić information content (AvgIpc) is 3.31. The van der Waals surface area contributed by atoms with Gasteiger partial charge in [0, 0.05) is 35.8 Å². The van der Waals surface area contributed by atoms with Crippen molar-refractivity contribution in [3.05, 3.63) is 65.4 Å². The first-order valence-electron chi connectivity index (χ1n) is 13.1. The molecule has 0 spiro atoms. The number of nitrogens with one attached hydrogen (secondary N) is 2. The van der Waals surface area contributed by atoms with E-state index in [1.54, 1.807) is 42.7 Å². The summed E-state index contributed by atoms with van der Waals surface area (Å²) in [7, 11) is 9.72. The van der Waals surface area contributed by atoms with E-state index in [1.165, 1.54) is 5.56 Å². The summed E-state index contributed by atoms with van der Waals surface area (Å²) in [6.07, 6.45) is 0.737. The van der Waals surface area contributed by atoms with Crippen molar-refractivity contribution in [2.24, 2.45) is 0 Å². The molecule has 9 nitrogen and oxygen atoms in total. The van der Waals surface area contributed by atoms with Crippen LogP contribution in [0.5, 0.6) is 34.5 Å². The van der Waals surface area contributed by atoms with E-state index < -0.39 is 0 Å². The highest BCUT2D eigenvalue weighted by atomic mass is 32.1. The van der Waals surface area contributed by atoms with Crippen LogP contribution in [-0.2, 0) is 13.0 Å². The Morgan fingerprint density at radius 1 is 0.780 bits per heavy atom. The van der Waals surface area contributed by atoms with E-state index in [9.17, 15) is 0 Å². The van der Waals surface area contributed by atoms with Crippen LogP contribution in [0.1, 0.15) is 16.8 Å². The van der Waals surface area contributed by atoms with Crippen LogP contribution in [0.25, 0.3) is 10.9 Å². The standard InChI is InChI=1S/C31H37N3O6S/c1-19-23(24-16-21(35-2)8-10-25(24)32-19)12-13-34(18-20-14-28(38-5)30(40-7)29(15-20)39-6)31(41)33-26-17-22(36-3)9-11-27(26)37-4/h8-11,14-17,32H,12-13,18H2,1-7H3,(H,33,41). The second kappa shape index (κ2) is 13.4. The van der Waals surface area contributed by atoms with Gasteiger partial charge in [-0.2, -0.15) is 0 Å². The number of aryl methyl sites for hydroxylation is 1. The molecule has 0 fully saturated rings. The summed E-state index contributed by atoms with van der Waals surface area (Å²) >= 11 is 5.98. The minimum Gasteiger partial charge on any atom is -0.497 e. The van der Waals surface area contributed by atoms with Crippen molar-refractivity contribution in [3.8, 4) is 34.5 Å². The van der Waals surface area contributed by atoms with Gasteiger partial charge in [-0.1, -0.05) is 0 Å². The Labute approximate surface area is 246 Å². The number of thiocarbonyl (C=S) groups is 1. The maximum Gasteiger partial charge on any atom is 0.203 e. The molecule has 1 heterocycles. The van der Waals surface area contributed by atoms with Crippen molar-refractivity contribution in [3.63, 3.8) is 0 Å². The molecule has 4 aromatic rings. The molecule has 3 aromatic carbocycles. The molecule has 10 heteroatoms. The molecule has 0 radical (unpaired) electrons. The lowest BCUT2D eigenvalue weighted by Gasteiger charge is -2.27. The van der Waals surface area contributed by atoms with E-state index in [0.29, 0.717) is 52.6 Å². The molecule has 41 heavy (non-hydrogen) atoms. The number of nitrogens with zero attached hydrogens (tertiary/aromatic N) is 1. The largest absolute Gasteiger partial charge is 0.497 e. The maximum atomic E-state index is 5.98. The monoisotopic (exact) mass is 579 g/mol. The Morgan fingerprint density at radius 2 is 1.41 bits per heavy atom. The second-order valence-corrected chi connectivity index (χ2v) is 9.73. The van der Waals surface area contributed by atoms with Crippen LogP contribution in [0.3, 0.4) is 0 Å². The normalized spacial score (nSPS) is 10.7. The summed E-state index contributed by atoms with van der Waals surface area (Å²) in [5.41, 5.74) is 5.03. The molecule has 0 aliphatic heterocycles. The molecule has 0 saturated heterocycles. The Morgan fingerprint density at radius 3 is 2.02 bits per heavy atom. The lowest BCUT2D eigenvalue weighted by Crippen LogP contribution is -2.36. The minimum atomic E-state index is 0.486. The Kier molecular flexibility index (Phi) is 9.67. The van der Waals surface area contributed by atoms with Gasteiger partial charge in [-0.15, -0.1) is 0 Å². The van der Waals surface area contributed by atoms with Crippen molar-refractivity contribution < 1.29 is 28.4 Å². The van der Waals surface area contributed by atoms with Crippen LogP contribution in [0.4, 0.5) is 5.69 Å². The zero-order valence-electron chi connectivity index (χ0n) is 24.5. The smallest absolute Gasteiger partial charge is 0.203 e. The SMILES string of the molecule is COc1ccc(OC)c(NC(=S)N(CCc2c(C)[nH]c3ccc(OC)cc23)Cc2cc(OC)c(OC)c(OC)c2)c1. The number of fused-ring (bicyclic) bond motifs is 1. The molecular weight excluding hydrogens is 542 g/mol. The van der Waals surface area contributed by atoms with Gasteiger partial charge in [0.25, 0.3) is 0 Å². The van der Waals surface area contributed by atoms with Crippen LogP contribution >= 0.6 is 12.2 Å². The fourth-order valence-corrected chi connectivity index (χ4v) is 5.13. The number of hydrogen-bond acceptors (Lipinski definition) is 7. The Bertz CT molecular complexity index is 1490. The molecule has 218 valence electrons. The number of ether oxygens (including phenoxy) is 6. The average molecular weight is 580 g/mol. The van der Waals surface area contributed by atoms with Gasteiger partial charge in [-0.3, -0.25) is 0 Å². The van der Waals surface area contributed by atoms with Gasteiger partial charge in [-0.05, 0) is 79.2 Å². The molecule has 1 aromatic heterocycles. The third-order valence-electron chi connectivity index (χ3n) is 6.99. The number of methoxy groups -OCH3 is 6. The van der Waals surface area contributed by atoms with Crippen molar-refractivity contribution >= 4 is 33.9 Å². The van der Waals surface area contributed by atoms with E-state index in [-0.39, 0.29) is 0 Å². The third kappa shape index (κ3) is 6.54. The van der Waals surface area contributed by atoms with Crippen LogP contribution in [0.15, 0.2) is 48.5 Å². The van der Waals surface area contributed by atoms with Gasteiger partial charge in [0.05, 0.1) is 48.3 Å². The predicted octanol–water partition coefficient (Wildman–Crippen LogP) is 5.97. The number of hydrogen-bond donors (Lipinski definition) is 2. The minimum absolute atomic E-state index is 0.486. The van der Waals surface area contributed by atoms with Crippen LogP contribution < -0.4 is 33.7 Å². The molecule has 0 saturated carbocycles. The topological polar surface area (TPSA) is 86.4 Å². The van der Waals surface area contributed by atoms with E-state index in [4.69, 9.17) is 40.6 Å². The summed E-state index contributed by atoms with van der Waals surface area (Å²) in [5.74, 6) is 3.85. The van der Waals surface area contributed by atoms with Crippen LogP contribution in [0, 0.1) is 6.92 Å². The summed E-state index contributed by atoms with van der Waals surface area (Å²) in [6.45, 7) is 3.20. The lowest BCUT2D eigenvalue weighted by molar-refractivity contribution is 0.322. The second-order valence-electron chi connectivity index (χ2n) is 9.34. The molecular formula is C31H37N3O6S. The zero-order chi connectivity index (χ0) is 29.5. The highest BCUT2D eigenvalue weighted by Crippen LogP contribution is 2.39. The third-order valence-corrected chi connectivity index (χ3v) is 7.35. The van der Waals surface area contributed by atoms with Gasteiger partial charge >= 0.3 is 0 Å². The van der Waals surface area contributed by atoms with Crippen molar-refractivity contribution in [1.29, 1.82) is 0 Å². The zero-order valence-corrected chi connectivity index (χ0v) is 25.4. The molecule has 0 unspecified atom stereocenters. The van der Waals surface area contributed by atoms with E-state index in [2.05, 4.69) is 28.2 Å². The van der Waals surface area contributed by atoms with Gasteiger partial charge in [-0.25, -0.2) is 0 Å². The first-order valence-corrected chi connectivity index (χ1v) is 13.5. The molecule has 0 amide bonds. The fourth-order valence-electron chi connectivity index (χ4n) is 4.86. The molecule has 0 aliphatic rings. The van der Waals surface area contributed by atoms with Crippen molar-refractivity contribution in [1.82, 2.24) is 9.88 Å². The summed E-state index contributed by atoms with van der Waals surface area (Å²) < 4.78 is 33.2. The molecule has 0 aliphatic carbocycles. The van der Waals surface area contributed by atoms with Crippen molar-refractivity contribution in [2.45, 2.75) is 19.9 Å². The highest BCUT2D eigenvalue weighted by Gasteiger charge is 2.19. The molecule has 2 N–H and O–H groups in total. The Balaban J connectivity index is 1.69. The highest BCUT2D eigenvalue weighted by molar-refractivity contribution is 7.80. The van der Waals surface area contributed by atoms with Crippen molar-refractivity contribution in [2.75, 3.05) is 54.5 Å². The Hall–Kier alpha value is -4.31. The number of H-pyrrole nitrogens is 1.